The number of halogens is 1. The molecule has 1 aromatic heterocycles. The van der Waals surface area contributed by atoms with Crippen LogP contribution in [0.1, 0.15) is 5.56 Å². The summed E-state index contributed by atoms with van der Waals surface area (Å²) in [6, 6.07) is 7.44. The van der Waals surface area contributed by atoms with Gasteiger partial charge in [-0.05, 0) is 11.6 Å². The van der Waals surface area contributed by atoms with Gasteiger partial charge in [-0.15, -0.1) is 0 Å². The number of para-hydroxylation sites is 1. The fraction of sp³-hybridized carbons (Fsp3) is 0.100. The van der Waals surface area contributed by atoms with Crippen molar-refractivity contribution in [2.24, 2.45) is 5.73 Å². The van der Waals surface area contributed by atoms with Crippen LogP contribution in [0, 0.1) is 5.41 Å². The summed E-state index contributed by atoms with van der Waals surface area (Å²) in [5.74, 6) is 0.116. The van der Waals surface area contributed by atoms with Crippen LogP contribution in [0.3, 0.4) is 0 Å². The molecule has 0 bridgehead atoms. The molecule has 0 aliphatic heterocycles. The van der Waals surface area contributed by atoms with Crippen LogP contribution in [0.2, 0.25) is 5.22 Å². The number of furan rings is 1. The molecule has 14 heavy (non-hydrogen) atoms. The van der Waals surface area contributed by atoms with Gasteiger partial charge in [0.25, 0.3) is 0 Å². The number of amidine groups is 1. The summed E-state index contributed by atoms with van der Waals surface area (Å²) in [6.07, 6.45) is 0.390. The number of hydrogen-bond acceptors (Lipinski definition) is 2. The first-order valence-electron chi connectivity index (χ1n) is 4.16. The summed E-state index contributed by atoms with van der Waals surface area (Å²) in [5, 5.41) is 8.51. The first-order valence-corrected chi connectivity index (χ1v) is 4.54. The zero-order valence-corrected chi connectivity index (χ0v) is 8.14. The second kappa shape index (κ2) is 3.35. The summed E-state index contributed by atoms with van der Waals surface area (Å²) in [7, 11) is 0. The monoisotopic (exact) mass is 208 g/mol. The van der Waals surface area contributed by atoms with Crippen LogP contribution in [0.15, 0.2) is 28.7 Å². The van der Waals surface area contributed by atoms with Gasteiger partial charge in [-0.2, -0.15) is 0 Å². The van der Waals surface area contributed by atoms with Gasteiger partial charge in [0.15, 0.2) is 5.22 Å². The highest BCUT2D eigenvalue weighted by Gasteiger charge is 2.07. The molecule has 3 nitrogen and oxygen atoms in total. The third kappa shape index (κ3) is 1.59. The quantitative estimate of drug-likeness (QED) is 0.589. The second-order valence-electron chi connectivity index (χ2n) is 3.09. The van der Waals surface area contributed by atoms with E-state index in [9.17, 15) is 0 Å². The Morgan fingerprint density at radius 1 is 1.50 bits per heavy atom. The Labute approximate surface area is 86.0 Å². The smallest absolute Gasteiger partial charge is 0.194 e. The molecule has 0 unspecified atom stereocenters. The summed E-state index contributed by atoms with van der Waals surface area (Å²) in [5.41, 5.74) is 6.94. The van der Waals surface area contributed by atoms with E-state index in [1.54, 1.807) is 6.07 Å². The van der Waals surface area contributed by atoms with Crippen LogP contribution in [0.25, 0.3) is 11.0 Å². The van der Waals surface area contributed by atoms with Gasteiger partial charge >= 0.3 is 0 Å². The van der Waals surface area contributed by atoms with Gasteiger partial charge in [-0.25, -0.2) is 0 Å². The van der Waals surface area contributed by atoms with E-state index in [4.69, 9.17) is 27.2 Å². The Kier molecular flexibility index (Phi) is 2.17. The molecule has 0 fully saturated rings. The molecule has 1 heterocycles. The van der Waals surface area contributed by atoms with Crippen molar-refractivity contribution in [2.75, 3.05) is 0 Å². The van der Waals surface area contributed by atoms with Crippen LogP contribution in [-0.2, 0) is 6.42 Å². The van der Waals surface area contributed by atoms with Gasteiger partial charge in [-0.3, -0.25) is 5.41 Å². The molecule has 0 saturated heterocycles. The highest BCUT2D eigenvalue weighted by Crippen LogP contribution is 2.26. The molecular formula is C10H9ClN2O. The Morgan fingerprint density at radius 3 is 3.00 bits per heavy atom. The highest BCUT2D eigenvalue weighted by atomic mass is 35.5. The largest absolute Gasteiger partial charge is 0.444 e. The first kappa shape index (κ1) is 9.09. The van der Waals surface area contributed by atoms with Gasteiger partial charge in [0, 0.05) is 23.4 Å². The number of nitrogens with two attached hydrogens (primary N) is 1. The molecule has 0 aliphatic rings. The lowest BCUT2D eigenvalue weighted by molar-refractivity contribution is 0.614. The molecule has 3 N–H and O–H groups in total. The van der Waals surface area contributed by atoms with Crippen LogP contribution in [0.4, 0.5) is 0 Å². The molecule has 0 atom stereocenters. The van der Waals surface area contributed by atoms with E-state index < -0.39 is 0 Å². The number of rotatable bonds is 2. The minimum absolute atomic E-state index is 0.116. The van der Waals surface area contributed by atoms with E-state index in [0.29, 0.717) is 17.2 Å². The molecule has 72 valence electrons. The molecule has 2 aromatic rings. The van der Waals surface area contributed by atoms with Crippen molar-refractivity contribution in [3.63, 3.8) is 0 Å². The molecule has 0 spiro atoms. The normalized spacial score (nSPS) is 10.6. The van der Waals surface area contributed by atoms with Crippen LogP contribution < -0.4 is 5.73 Å². The zero-order chi connectivity index (χ0) is 10.1. The number of fused-ring (bicyclic) bond motifs is 1. The molecular weight excluding hydrogens is 200 g/mol. The van der Waals surface area contributed by atoms with Crippen LogP contribution >= 0.6 is 11.6 Å². The molecule has 0 radical (unpaired) electrons. The van der Waals surface area contributed by atoms with Crippen molar-refractivity contribution in [3.05, 3.63) is 35.0 Å². The minimum Gasteiger partial charge on any atom is -0.444 e. The summed E-state index contributed by atoms with van der Waals surface area (Å²) >= 11 is 5.74. The Bertz CT molecular complexity index is 490. The van der Waals surface area contributed by atoms with Crippen molar-refractivity contribution >= 4 is 28.4 Å². The lowest BCUT2D eigenvalue weighted by atomic mass is 10.1. The van der Waals surface area contributed by atoms with E-state index in [0.717, 1.165) is 10.9 Å². The van der Waals surface area contributed by atoms with Gasteiger partial charge in [0.2, 0.25) is 0 Å². The van der Waals surface area contributed by atoms with Gasteiger partial charge in [0.05, 0.1) is 5.84 Å². The average Bonchev–Trinajstić information content (AvgIpc) is 2.45. The second-order valence-corrected chi connectivity index (χ2v) is 3.46. The third-order valence-corrected chi connectivity index (χ3v) is 2.16. The van der Waals surface area contributed by atoms with Crippen molar-refractivity contribution in [1.29, 1.82) is 5.41 Å². The Balaban J connectivity index is 2.58. The Hall–Kier alpha value is -1.48. The lowest BCUT2D eigenvalue weighted by Gasteiger charge is -1.99. The molecule has 2 rings (SSSR count). The van der Waals surface area contributed by atoms with Gasteiger partial charge < -0.3 is 10.2 Å². The molecule has 0 aliphatic carbocycles. The van der Waals surface area contributed by atoms with Gasteiger partial charge in [-0.1, -0.05) is 18.2 Å². The van der Waals surface area contributed by atoms with Crippen molar-refractivity contribution < 1.29 is 4.42 Å². The Morgan fingerprint density at radius 2 is 2.29 bits per heavy atom. The maximum Gasteiger partial charge on any atom is 0.194 e. The van der Waals surface area contributed by atoms with Crippen LogP contribution in [0.5, 0.6) is 0 Å². The zero-order valence-electron chi connectivity index (χ0n) is 7.38. The van der Waals surface area contributed by atoms with Crippen molar-refractivity contribution in [3.8, 4) is 0 Å². The summed E-state index contributed by atoms with van der Waals surface area (Å²) < 4.78 is 5.31. The lowest BCUT2D eigenvalue weighted by Crippen LogP contribution is -2.12. The van der Waals surface area contributed by atoms with E-state index in [1.165, 1.54) is 0 Å². The van der Waals surface area contributed by atoms with E-state index in [1.807, 2.05) is 18.2 Å². The molecule has 0 saturated carbocycles. The number of hydrogen-bond donors (Lipinski definition) is 2. The average molecular weight is 209 g/mol. The van der Waals surface area contributed by atoms with Crippen molar-refractivity contribution in [2.45, 2.75) is 6.42 Å². The fourth-order valence-corrected chi connectivity index (χ4v) is 1.63. The maximum atomic E-state index is 7.22. The summed E-state index contributed by atoms with van der Waals surface area (Å²) in [4.78, 5) is 0. The predicted molar refractivity (Wildman–Crippen MR) is 56.8 cm³/mol. The third-order valence-electron chi connectivity index (χ3n) is 1.98. The van der Waals surface area contributed by atoms with E-state index in [2.05, 4.69) is 0 Å². The topological polar surface area (TPSA) is 63.0 Å². The highest BCUT2D eigenvalue weighted by molar-refractivity contribution is 6.29. The number of benzene rings is 1. The maximum absolute atomic E-state index is 7.22. The SMILES string of the molecule is N=C(N)Cc1cccc2cc(Cl)oc12. The number of nitrogens with one attached hydrogen (secondary N) is 1. The molecule has 4 heteroatoms. The fourth-order valence-electron chi connectivity index (χ4n) is 1.44. The molecule has 1 aromatic carbocycles. The standard InChI is InChI=1S/C10H9ClN2O/c11-8-4-6-2-1-3-7(5-9(12)13)10(6)14-8/h1-4H,5H2,(H3,12,13). The van der Waals surface area contributed by atoms with E-state index >= 15 is 0 Å². The predicted octanol–water partition coefficient (Wildman–Crippen LogP) is 2.56. The van der Waals surface area contributed by atoms with Crippen LogP contribution in [-0.4, -0.2) is 5.84 Å². The molecule has 0 amide bonds. The minimum atomic E-state index is 0.116. The first-order chi connectivity index (χ1) is 6.66. The summed E-state index contributed by atoms with van der Waals surface area (Å²) in [6.45, 7) is 0. The van der Waals surface area contributed by atoms with Crippen molar-refractivity contribution in [1.82, 2.24) is 0 Å². The van der Waals surface area contributed by atoms with E-state index in [-0.39, 0.29) is 5.84 Å². The van der Waals surface area contributed by atoms with Gasteiger partial charge in [0.1, 0.15) is 5.58 Å².